The second-order valence-electron chi connectivity index (χ2n) is 6.50. The highest BCUT2D eigenvalue weighted by atomic mass is 32.2. The zero-order valence-corrected chi connectivity index (χ0v) is 18.0. The summed E-state index contributed by atoms with van der Waals surface area (Å²) < 4.78 is 11.7. The number of carboxylic acids is 1. The van der Waals surface area contributed by atoms with Crippen molar-refractivity contribution >= 4 is 46.3 Å². The third kappa shape index (κ3) is 5.61. The lowest BCUT2D eigenvalue weighted by atomic mass is 10.1. The molecule has 3 rings (SSSR count). The molecule has 0 saturated carbocycles. The molecule has 156 valence electrons. The van der Waals surface area contributed by atoms with Crippen molar-refractivity contribution in [3.63, 3.8) is 0 Å². The van der Waals surface area contributed by atoms with Gasteiger partial charge in [-0.2, -0.15) is 0 Å². The monoisotopic (exact) mass is 443 g/mol. The lowest BCUT2D eigenvalue weighted by Crippen LogP contribution is -2.29. The van der Waals surface area contributed by atoms with Gasteiger partial charge >= 0.3 is 5.97 Å². The second kappa shape index (κ2) is 10.3. The molecule has 6 nitrogen and oxygen atoms in total. The predicted molar refractivity (Wildman–Crippen MR) is 121 cm³/mol. The Morgan fingerprint density at radius 2 is 2.00 bits per heavy atom. The zero-order chi connectivity index (χ0) is 21.5. The van der Waals surface area contributed by atoms with Gasteiger partial charge in [-0.1, -0.05) is 48.2 Å². The number of carboxylic acid groups (broad SMARTS) is 1. The van der Waals surface area contributed by atoms with E-state index in [4.69, 9.17) is 26.8 Å². The summed E-state index contributed by atoms with van der Waals surface area (Å²) in [4.78, 5) is 25.3. The molecule has 1 aliphatic rings. The number of hydrogen-bond donors (Lipinski definition) is 1. The Bertz CT molecular complexity index is 975. The number of benzene rings is 2. The Kier molecular flexibility index (Phi) is 7.48. The number of rotatable bonds is 9. The van der Waals surface area contributed by atoms with E-state index in [0.29, 0.717) is 34.5 Å². The molecule has 0 aliphatic carbocycles. The van der Waals surface area contributed by atoms with E-state index in [2.05, 4.69) is 0 Å². The summed E-state index contributed by atoms with van der Waals surface area (Å²) in [6, 6.07) is 15.1. The van der Waals surface area contributed by atoms with Crippen LogP contribution in [-0.4, -0.2) is 39.9 Å². The predicted octanol–water partition coefficient (Wildman–Crippen LogP) is 4.34. The minimum absolute atomic E-state index is 0.000633. The number of aliphatic carboxylic acids is 1. The summed E-state index contributed by atoms with van der Waals surface area (Å²) in [6.07, 6.45) is 2.14. The quantitative estimate of drug-likeness (QED) is 0.456. The lowest BCUT2D eigenvalue weighted by Gasteiger charge is -2.13. The number of thioether (sulfide) groups is 1. The number of hydrogen-bond acceptors (Lipinski definition) is 6. The minimum Gasteiger partial charge on any atom is -0.496 e. The Hall–Kier alpha value is -2.84. The van der Waals surface area contributed by atoms with Gasteiger partial charge in [-0.3, -0.25) is 14.5 Å². The summed E-state index contributed by atoms with van der Waals surface area (Å²) in [6.45, 7) is 0.623. The molecule has 0 spiro atoms. The van der Waals surface area contributed by atoms with Gasteiger partial charge in [-0.05, 0) is 42.3 Å². The fourth-order valence-corrected chi connectivity index (χ4v) is 4.22. The average molecular weight is 444 g/mol. The first kappa shape index (κ1) is 21.9. The molecular formula is C22H21NO5S2. The molecule has 1 N–H and O–H groups in total. The summed E-state index contributed by atoms with van der Waals surface area (Å²) in [5.74, 6) is 0.365. The first-order valence-corrected chi connectivity index (χ1v) is 10.5. The van der Waals surface area contributed by atoms with Crippen LogP contribution in [-0.2, 0) is 16.2 Å². The molecule has 1 fully saturated rings. The van der Waals surface area contributed by atoms with Crippen molar-refractivity contribution in [2.75, 3.05) is 13.7 Å². The van der Waals surface area contributed by atoms with E-state index in [0.717, 1.165) is 16.9 Å². The largest absolute Gasteiger partial charge is 0.496 e. The number of nitrogens with zero attached hydrogens (tertiary/aromatic N) is 1. The normalized spacial score (nSPS) is 15.0. The zero-order valence-electron chi connectivity index (χ0n) is 16.4. The Labute approximate surface area is 184 Å². The van der Waals surface area contributed by atoms with Crippen molar-refractivity contribution in [3.05, 3.63) is 64.6 Å². The first-order chi connectivity index (χ1) is 14.5. The molecule has 0 aromatic heterocycles. The van der Waals surface area contributed by atoms with Crippen molar-refractivity contribution < 1.29 is 24.2 Å². The maximum atomic E-state index is 12.7. The van der Waals surface area contributed by atoms with Gasteiger partial charge in [0, 0.05) is 18.5 Å². The van der Waals surface area contributed by atoms with Crippen molar-refractivity contribution in [3.8, 4) is 11.5 Å². The van der Waals surface area contributed by atoms with Crippen molar-refractivity contribution in [1.82, 2.24) is 4.90 Å². The van der Waals surface area contributed by atoms with Gasteiger partial charge < -0.3 is 14.6 Å². The van der Waals surface area contributed by atoms with Crippen LogP contribution in [0.4, 0.5) is 0 Å². The molecule has 0 unspecified atom stereocenters. The van der Waals surface area contributed by atoms with Gasteiger partial charge in [0.05, 0.1) is 12.0 Å². The Balaban J connectivity index is 1.73. The van der Waals surface area contributed by atoms with E-state index in [9.17, 15) is 9.59 Å². The topological polar surface area (TPSA) is 76.1 Å². The molecule has 2 aromatic carbocycles. The molecule has 1 saturated heterocycles. The van der Waals surface area contributed by atoms with E-state index in [1.807, 2.05) is 48.5 Å². The first-order valence-electron chi connectivity index (χ1n) is 9.30. The summed E-state index contributed by atoms with van der Waals surface area (Å²) in [7, 11) is 1.60. The van der Waals surface area contributed by atoms with Gasteiger partial charge in [0.1, 0.15) is 22.4 Å². The highest BCUT2D eigenvalue weighted by Gasteiger charge is 2.31. The number of amides is 1. The molecule has 0 atom stereocenters. The molecule has 2 aromatic rings. The third-order valence-corrected chi connectivity index (χ3v) is 5.76. The van der Waals surface area contributed by atoms with Crippen LogP contribution in [0.15, 0.2) is 53.4 Å². The van der Waals surface area contributed by atoms with Gasteiger partial charge in [0.25, 0.3) is 5.91 Å². The smallest absolute Gasteiger partial charge is 0.303 e. The third-order valence-electron chi connectivity index (χ3n) is 4.39. The maximum absolute atomic E-state index is 12.7. The van der Waals surface area contributed by atoms with Crippen LogP contribution in [0.2, 0.25) is 0 Å². The number of thiocarbonyl (C=S) groups is 1. The van der Waals surface area contributed by atoms with E-state index in [1.54, 1.807) is 13.2 Å². The van der Waals surface area contributed by atoms with Gasteiger partial charge in [0.2, 0.25) is 0 Å². The molecule has 1 amide bonds. The number of carbonyl (C=O) groups is 2. The van der Waals surface area contributed by atoms with E-state index < -0.39 is 5.97 Å². The van der Waals surface area contributed by atoms with Gasteiger partial charge in [-0.25, -0.2) is 0 Å². The highest BCUT2D eigenvalue weighted by molar-refractivity contribution is 8.26. The van der Waals surface area contributed by atoms with E-state index >= 15 is 0 Å². The van der Waals surface area contributed by atoms with Crippen molar-refractivity contribution in [2.45, 2.75) is 19.4 Å². The molecule has 0 bridgehead atoms. The van der Waals surface area contributed by atoms with E-state index in [1.165, 1.54) is 16.7 Å². The number of para-hydroxylation sites is 1. The molecule has 30 heavy (non-hydrogen) atoms. The van der Waals surface area contributed by atoms with Crippen molar-refractivity contribution in [2.24, 2.45) is 0 Å². The van der Waals surface area contributed by atoms with Gasteiger partial charge in [-0.15, -0.1) is 0 Å². The van der Waals surface area contributed by atoms with Crippen molar-refractivity contribution in [1.29, 1.82) is 0 Å². The molecule has 1 aliphatic heterocycles. The van der Waals surface area contributed by atoms with Crippen LogP contribution in [0.1, 0.15) is 24.0 Å². The minimum atomic E-state index is -0.889. The lowest BCUT2D eigenvalue weighted by molar-refractivity contribution is -0.137. The Morgan fingerprint density at radius 1 is 1.23 bits per heavy atom. The molecule has 1 heterocycles. The van der Waals surface area contributed by atoms with Crippen LogP contribution in [0.25, 0.3) is 6.08 Å². The average Bonchev–Trinajstić information content (AvgIpc) is 3.00. The highest BCUT2D eigenvalue weighted by Crippen LogP contribution is 2.33. The Morgan fingerprint density at radius 3 is 2.70 bits per heavy atom. The standard InChI is InChI=1S/C22H21NO5S2/c1-27-18-10-9-15(12-16(18)14-28-17-6-3-2-4-7-17)13-19-21(26)23(22(29)30-19)11-5-8-20(24)25/h2-4,6-7,9-10,12-13H,5,8,11,14H2,1H3,(H,24,25)/b19-13-. The summed E-state index contributed by atoms with van der Waals surface area (Å²) in [5, 5.41) is 8.78. The SMILES string of the molecule is COc1ccc(/C=C2\SC(=S)N(CCCC(=O)O)C2=O)cc1COc1ccccc1. The number of ether oxygens (including phenoxy) is 2. The van der Waals surface area contributed by atoms with Crippen LogP contribution in [0, 0.1) is 0 Å². The fraction of sp³-hybridized carbons (Fsp3) is 0.227. The maximum Gasteiger partial charge on any atom is 0.303 e. The fourth-order valence-electron chi connectivity index (χ4n) is 2.91. The van der Waals surface area contributed by atoms with E-state index in [-0.39, 0.29) is 12.3 Å². The summed E-state index contributed by atoms with van der Waals surface area (Å²) >= 11 is 6.51. The molecule has 8 heteroatoms. The van der Waals surface area contributed by atoms with Crippen LogP contribution in [0.5, 0.6) is 11.5 Å². The number of carbonyl (C=O) groups excluding carboxylic acids is 1. The van der Waals surface area contributed by atoms with Crippen LogP contribution in [0.3, 0.4) is 0 Å². The van der Waals surface area contributed by atoms with Crippen LogP contribution < -0.4 is 9.47 Å². The molecular weight excluding hydrogens is 422 g/mol. The molecule has 0 radical (unpaired) electrons. The second-order valence-corrected chi connectivity index (χ2v) is 8.18. The summed E-state index contributed by atoms with van der Waals surface area (Å²) in [5.41, 5.74) is 1.68. The van der Waals surface area contributed by atoms with Gasteiger partial charge in [0.15, 0.2) is 0 Å². The number of methoxy groups -OCH3 is 1. The van der Waals surface area contributed by atoms with Crippen LogP contribution >= 0.6 is 24.0 Å².